The average molecular weight is 469 g/mol. The number of nitrogens with zero attached hydrogens (tertiary/aromatic N) is 8. The molecule has 178 valence electrons. The van der Waals surface area contributed by atoms with Crippen LogP contribution in [0.25, 0.3) is 0 Å². The summed E-state index contributed by atoms with van der Waals surface area (Å²) in [5.41, 5.74) is 1.54. The molecule has 0 unspecified atom stereocenters. The lowest BCUT2D eigenvalue weighted by Gasteiger charge is -2.37. The molecule has 35 heavy (non-hydrogen) atoms. The van der Waals surface area contributed by atoms with Gasteiger partial charge in [0.1, 0.15) is 18.1 Å². The van der Waals surface area contributed by atoms with Gasteiger partial charge in [0, 0.05) is 13.0 Å². The molecule has 0 N–H and O–H groups in total. The van der Waals surface area contributed by atoms with Crippen molar-refractivity contribution in [3.05, 3.63) is 96.1 Å². The fraction of sp³-hybridized carbons (Fsp3) is 0.346. The summed E-state index contributed by atoms with van der Waals surface area (Å²) in [6.45, 7) is 4.41. The van der Waals surface area contributed by atoms with Crippen molar-refractivity contribution in [1.82, 2.24) is 34.5 Å². The Kier molecular flexibility index (Phi) is 5.83. The number of likely N-dealkylation sites (tertiary alicyclic amines) is 1. The summed E-state index contributed by atoms with van der Waals surface area (Å²) in [5, 5.41) is 17.9. The van der Waals surface area contributed by atoms with Crippen molar-refractivity contribution in [3.8, 4) is 0 Å². The second-order valence-corrected chi connectivity index (χ2v) is 9.07. The van der Waals surface area contributed by atoms with Crippen LogP contribution in [0.2, 0.25) is 0 Å². The van der Waals surface area contributed by atoms with Gasteiger partial charge in [-0.3, -0.25) is 4.68 Å². The van der Waals surface area contributed by atoms with Crippen LogP contribution in [-0.2, 0) is 29.7 Å². The molecule has 0 atom stereocenters. The Balaban J connectivity index is 1.30. The van der Waals surface area contributed by atoms with Crippen molar-refractivity contribution >= 4 is 5.90 Å². The van der Waals surface area contributed by atoms with Gasteiger partial charge in [-0.05, 0) is 37.1 Å². The Hall–Kier alpha value is -3.85. The third-order valence-corrected chi connectivity index (χ3v) is 6.88. The number of hydrogen-bond donors (Lipinski definition) is 0. The zero-order chi connectivity index (χ0) is 23.5. The van der Waals surface area contributed by atoms with Crippen LogP contribution in [-0.4, -0.2) is 60.1 Å². The Morgan fingerprint density at radius 1 is 0.857 bits per heavy atom. The van der Waals surface area contributed by atoms with Crippen molar-refractivity contribution < 1.29 is 4.74 Å². The zero-order valence-electron chi connectivity index (χ0n) is 19.6. The highest BCUT2D eigenvalue weighted by molar-refractivity contribution is 5.93. The van der Waals surface area contributed by atoms with Crippen molar-refractivity contribution in [2.75, 3.05) is 19.6 Å². The normalized spacial score (nSPS) is 17.2. The van der Waals surface area contributed by atoms with Gasteiger partial charge in [-0.2, -0.15) is 5.10 Å². The molecule has 0 bridgehead atoms. The molecule has 2 aliphatic rings. The summed E-state index contributed by atoms with van der Waals surface area (Å²) in [6, 6.07) is 20.7. The van der Waals surface area contributed by atoms with Crippen LogP contribution in [0.15, 0.2) is 78.4 Å². The second-order valence-electron chi connectivity index (χ2n) is 9.07. The van der Waals surface area contributed by atoms with E-state index in [0.717, 1.165) is 30.0 Å². The number of rotatable bonds is 7. The van der Waals surface area contributed by atoms with Gasteiger partial charge in [-0.15, -0.1) is 15.3 Å². The Morgan fingerprint density at radius 2 is 1.57 bits per heavy atom. The van der Waals surface area contributed by atoms with Gasteiger partial charge in [0.25, 0.3) is 0 Å². The largest absolute Gasteiger partial charge is 0.470 e. The van der Waals surface area contributed by atoms with Gasteiger partial charge in [0.15, 0.2) is 18.3 Å². The van der Waals surface area contributed by atoms with Crippen molar-refractivity contribution in [1.29, 1.82) is 0 Å². The molecule has 2 aromatic heterocycles. The molecule has 2 aromatic carbocycles. The fourth-order valence-corrected chi connectivity index (χ4v) is 5.05. The highest BCUT2D eigenvalue weighted by Gasteiger charge is 2.46. The molecule has 0 saturated carbocycles. The minimum absolute atomic E-state index is 0.231. The van der Waals surface area contributed by atoms with Crippen LogP contribution in [0.5, 0.6) is 0 Å². The van der Waals surface area contributed by atoms with E-state index in [2.05, 4.69) is 49.4 Å². The Labute approximate surface area is 204 Å². The summed E-state index contributed by atoms with van der Waals surface area (Å²) >= 11 is 0. The molecule has 4 heterocycles. The molecule has 4 aromatic rings. The molecule has 0 spiro atoms. The van der Waals surface area contributed by atoms with Gasteiger partial charge in [0.2, 0.25) is 5.90 Å². The molecule has 0 aliphatic carbocycles. The number of hydrogen-bond acceptors (Lipinski definition) is 7. The highest BCUT2D eigenvalue weighted by atomic mass is 16.5. The first-order valence-electron chi connectivity index (χ1n) is 12.1. The molecule has 0 radical (unpaired) electrons. The molecule has 9 heteroatoms. The van der Waals surface area contributed by atoms with E-state index in [-0.39, 0.29) is 6.61 Å². The van der Waals surface area contributed by atoms with E-state index in [9.17, 15) is 0 Å². The Bertz CT molecular complexity index is 1250. The van der Waals surface area contributed by atoms with Crippen LogP contribution in [0.4, 0.5) is 0 Å². The average Bonchev–Trinajstić information content (AvgIpc) is 3.69. The third kappa shape index (κ3) is 4.23. The summed E-state index contributed by atoms with van der Waals surface area (Å²) in [5.74, 6) is 2.00. The lowest BCUT2D eigenvalue weighted by atomic mass is 9.71. The van der Waals surface area contributed by atoms with Crippen LogP contribution < -0.4 is 0 Å². The van der Waals surface area contributed by atoms with E-state index in [0.29, 0.717) is 18.1 Å². The molecule has 1 fully saturated rings. The van der Waals surface area contributed by atoms with Crippen LogP contribution >= 0.6 is 0 Å². The lowest BCUT2D eigenvalue weighted by molar-refractivity contribution is 0.246. The first kappa shape index (κ1) is 21.7. The third-order valence-electron chi connectivity index (χ3n) is 6.88. The molecule has 0 amide bonds. The van der Waals surface area contributed by atoms with Crippen molar-refractivity contribution in [3.63, 3.8) is 0 Å². The topological polar surface area (TPSA) is 86.2 Å². The van der Waals surface area contributed by atoms with E-state index in [1.165, 1.54) is 25.9 Å². The van der Waals surface area contributed by atoms with Crippen LogP contribution in [0.1, 0.15) is 35.6 Å². The first-order chi connectivity index (χ1) is 17.3. The maximum absolute atomic E-state index is 6.44. The highest BCUT2D eigenvalue weighted by Crippen LogP contribution is 2.40. The molecular formula is C26H28N8O. The molecule has 6 rings (SSSR count). The lowest BCUT2D eigenvalue weighted by Crippen LogP contribution is -2.44. The summed E-state index contributed by atoms with van der Waals surface area (Å²) in [4.78, 5) is 6.97. The van der Waals surface area contributed by atoms with E-state index < -0.39 is 5.41 Å². The smallest absolute Gasteiger partial charge is 0.223 e. The summed E-state index contributed by atoms with van der Waals surface area (Å²) in [6.07, 6.45) is 6.56. The number of aromatic nitrogens is 6. The van der Waals surface area contributed by atoms with E-state index in [1.807, 2.05) is 41.1 Å². The van der Waals surface area contributed by atoms with Crippen LogP contribution in [0.3, 0.4) is 0 Å². The van der Waals surface area contributed by atoms with Gasteiger partial charge < -0.3 is 9.64 Å². The molecule has 9 nitrogen and oxygen atoms in total. The Morgan fingerprint density at radius 3 is 2.29 bits per heavy atom. The minimum Gasteiger partial charge on any atom is -0.470 e. The standard InChI is InChI=1S/C26H28N8O/c1-3-9-21(10-4-1)26(22-11-5-2-6-12-22)17-24-29-28-20-34(24)31-25(26)35-18-23-27-19-33(30-23)16-15-32-13-7-8-14-32/h1-6,9-12,19-20H,7-8,13-18H2. The number of benzene rings is 2. The first-order valence-corrected chi connectivity index (χ1v) is 12.1. The predicted octanol–water partition coefficient (Wildman–Crippen LogP) is 2.89. The maximum atomic E-state index is 6.44. The van der Waals surface area contributed by atoms with E-state index in [1.54, 1.807) is 17.3 Å². The van der Waals surface area contributed by atoms with Gasteiger partial charge in [0.05, 0.1) is 6.54 Å². The molecular weight excluding hydrogens is 440 g/mol. The number of ether oxygens (including phenoxy) is 1. The van der Waals surface area contributed by atoms with Crippen LogP contribution in [0, 0.1) is 0 Å². The quantitative estimate of drug-likeness (QED) is 0.415. The predicted molar refractivity (Wildman–Crippen MR) is 131 cm³/mol. The monoisotopic (exact) mass is 468 g/mol. The van der Waals surface area contributed by atoms with Crippen molar-refractivity contribution in [2.24, 2.45) is 5.10 Å². The zero-order valence-corrected chi connectivity index (χ0v) is 19.6. The maximum Gasteiger partial charge on any atom is 0.223 e. The SMILES string of the molecule is c1ccc(C2(c3ccccc3)Cc3nncn3N=C2OCc2ncn(CCN3CCCC3)n2)cc1. The molecule has 1 saturated heterocycles. The van der Waals surface area contributed by atoms with Crippen molar-refractivity contribution in [2.45, 2.75) is 37.8 Å². The minimum atomic E-state index is -0.635. The van der Waals surface area contributed by atoms with Gasteiger partial charge in [-0.1, -0.05) is 60.7 Å². The molecule has 2 aliphatic heterocycles. The second kappa shape index (κ2) is 9.42. The number of fused-ring (bicyclic) bond motifs is 1. The van der Waals surface area contributed by atoms with E-state index >= 15 is 0 Å². The fourth-order valence-electron chi connectivity index (χ4n) is 5.05. The summed E-state index contributed by atoms with van der Waals surface area (Å²) in [7, 11) is 0. The summed E-state index contributed by atoms with van der Waals surface area (Å²) < 4.78 is 10.0. The van der Waals surface area contributed by atoms with Gasteiger partial charge in [-0.25, -0.2) is 9.66 Å². The van der Waals surface area contributed by atoms with Gasteiger partial charge >= 0.3 is 0 Å². The van der Waals surface area contributed by atoms with E-state index in [4.69, 9.17) is 9.84 Å².